The number of hydrogen-bond donors (Lipinski definition) is 1. The van der Waals surface area contributed by atoms with Crippen LogP contribution in [0.15, 0.2) is 51.8 Å². The Bertz CT molecular complexity index is 750. The van der Waals surface area contributed by atoms with Crippen LogP contribution < -0.4 is 9.46 Å². The molecule has 1 N–H and O–H groups in total. The Morgan fingerprint density at radius 2 is 1.95 bits per heavy atom. The summed E-state index contributed by atoms with van der Waals surface area (Å²) in [6.07, 6.45) is 0. The molecule has 4 nitrogen and oxygen atoms in total. The van der Waals surface area contributed by atoms with Crippen LogP contribution in [0.3, 0.4) is 0 Å². The van der Waals surface area contributed by atoms with Gasteiger partial charge in [0.1, 0.15) is 5.75 Å². The van der Waals surface area contributed by atoms with Crippen molar-refractivity contribution in [2.75, 3.05) is 7.11 Å². The van der Waals surface area contributed by atoms with Gasteiger partial charge in [-0.3, -0.25) is 0 Å². The summed E-state index contributed by atoms with van der Waals surface area (Å²) in [6, 6.07) is 11.7. The molecule has 0 heterocycles. The van der Waals surface area contributed by atoms with E-state index >= 15 is 0 Å². The third kappa shape index (κ3) is 3.97. The fourth-order valence-corrected chi connectivity index (χ4v) is 3.64. The van der Waals surface area contributed by atoms with Crippen LogP contribution in [0.2, 0.25) is 5.02 Å². The van der Waals surface area contributed by atoms with Crippen LogP contribution in [0.25, 0.3) is 0 Å². The lowest BCUT2D eigenvalue weighted by molar-refractivity contribution is 0.411. The molecule has 7 heteroatoms. The minimum absolute atomic E-state index is 0.131. The average molecular weight is 391 g/mol. The fraction of sp³-hybridized carbons (Fsp3) is 0.143. The smallest absolute Gasteiger partial charge is 0.240 e. The van der Waals surface area contributed by atoms with E-state index in [2.05, 4.69) is 20.7 Å². The van der Waals surface area contributed by atoms with Crippen molar-refractivity contribution in [2.24, 2.45) is 0 Å². The number of nitrogens with one attached hydrogen (secondary N) is 1. The minimum atomic E-state index is -3.62. The molecular weight excluding hydrogens is 378 g/mol. The van der Waals surface area contributed by atoms with E-state index in [1.807, 2.05) is 0 Å². The van der Waals surface area contributed by atoms with Gasteiger partial charge in [0.15, 0.2) is 0 Å². The van der Waals surface area contributed by atoms with E-state index in [0.29, 0.717) is 15.2 Å². The van der Waals surface area contributed by atoms with Gasteiger partial charge in [0.05, 0.1) is 16.5 Å². The van der Waals surface area contributed by atoms with Crippen LogP contribution in [0, 0.1) is 0 Å². The van der Waals surface area contributed by atoms with Gasteiger partial charge in [0.2, 0.25) is 10.0 Å². The molecule has 0 saturated heterocycles. The molecule has 0 aliphatic heterocycles. The van der Waals surface area contributed by atoms with Gasteiger partial charge >= 0.3 is 0 Å². The molecule has 0 atom stereocenters. The maximum absolute atomic E-state index is 12.3. The molecule has 0 spiro atoms. The summed E-state index contributed by atoms with van der Waals surface area (Å²) in [6.45, 7) is 0.131. The summed E-state index contributed by atoms with van der Waals surface area (Å²) >= 11 is 9.27. The van der Waals surface area contributed by atoms with Gasteiger partial charge in [-0.2, -0.15) is 0 Å². The Morgan fingerprint density at radius 3 is 2.57 bits per heavy atom. The Morgan fingerprint density at radius 1 is 1.24 bits per heavy atom. The average Bonchev–Trinajstić information content (AvgIpc) is 2.46. The molecule has 0 unspecified atom stereocenters. The number of ether oxygens (including phenoxy) is 1. The SMILES string of the molecule is COc1ccc(S(=O)(=O)NCc2ccccc2Cl)cc1Br. The molecule has 2 aromatic carbocycles. The van der Waals surface area contributed by atoms with E-state index in [1.54, 1.807) is 30.3 Å². The zero-order valence-corrected chi connectivity index (χ0v) is 14.3. The van der Waals surface area contributed by atoms with Crippen molar-refractivity contribution in [2.45, 2.75) is 11.4 Å². The van der Waals surface area contributed by atoms with E-state index in [1.165, 1.54) is 19.2 Å². The topological polar surface area (TPSA) is 55.4 Å². The highest BCUT2D eigenvalue weighted by Crippen LogP contribution is 2.27. The summed E-state index contributed by atoms with van der Waals surface area (Å²) in [4.78, 5) is 0.155. The first-order chi connectivity index (χ1) is 9.94. The zero-order valence-electron chi connectivity index (χ0n) is 11.1. The monoisotopic (exact) mass is 389 g/mol. The van der Waals surface area contributed by atoms with Gasteiger partial charge in [-0.05, 0) is 45.8 Å². The van der Waals surface area contributed by atoms with Crippen molar-refractivity contribution in [1.29, 1.82) is 0 Å². The van der Waals surface area contributed by atoms with E-state index in [0.717, 1.165) is 5.56 Å². The van der Waals surface area contributed by atoms with Crippen LogP contribution >= 0.6 is 27.5 Å². The highest BCUT2D eigenvalue weighted by atomic mass is 79.9. The summed E-state index contributed by atoms with van der Waals surface area (Å²) in [7, 11) is -2.10. The van der Waals surface area contributed by atoms with Crippen molar-refractivity contribution in [3.8, 4) is 5.75 Å². The fourth-order valence-electron chi connectivity index (χ4n) is 1.71. The number of rotatable bonds is 5. The molecule has 0 radical (unpaired) electrons. The van der Waals surface area contributed by atoms with E-state index in [-0.39, 0.29) is 11.4 Å². The van der Waals surface area contributed by atoms with Gasteiger partial charge in [0.25, 0.3) is 0 Å². The molecule has 0 aliphatic rings. The number of hydrogen-bond acceptors (Lipinski definition) is 3. The lowest BCUT2D eigenvalue weighted by Gasteiger charge is -2.10. The Labute approximate surface area is 137 Å². The van der Waals surface area contributed by atoms with Crippen molar-refractivity contribution in [1.82, 2.24) is 4.72 Å². The molecule has 0 amide bonds. The Balaban J connectivity index is 2.19. The van der Waals surface area contributed by atoms with Gasteiger partial charge in [0, 0.05) is 11.6 Å². The van der Waals surface area contributed by atoms with Crippen molar-refractivity contribution in [3.05, 3.63) is 57.5 Å². The highest BCUT2D eigenvalue weighted by molar-refractivity contribution is 9.10. The Kier molecular flexibility index (Phi) is 5.27. The molecule has 0 fully saturated rings. The molecular formula is C14H13BrClNO3S. The molecule has 0 bridgehead atoms. The molecule has 21 heavy (non-hydrogen) atoms. The normalized spacial score (nSPS) is 11.4. The maximum Gasteiger partial charge on any atom is 0.240 e. The van der Waals surface area contributed by atoms with Crippen LogP contribution in [-0.4, -0.2) is 15.5 Å². The quantitative estimate of drug-likeness (QED) is 0.849. The minimum Gasteiger partial charge on any atom is -0.496 e. The summed E-state index contributed by atoms with van der Waals surface area (Å²) in [5, 5.41) is 0.524. The molecule has 0 aromatic heterocycles. The predicted octanol–water partition coefficient (Wildman–Crippen LogP) is 3.59. The predicted molar refractivity (Wildman–Crippen MR) is 86.2 cm³/mol. The molecule has 2 aromatic rings. The zero-order chi connectivity index (χ0) is 15.5. The lowest BCUT2D eigenvalue weighted by Crippen LogP contribution is -2.23. The molecule has 112 valence electrons. The third-order valence-electron chi connectivity index (χ3n) is 2.84. The lowest BCUT2D eigenvalue weighted by atomic mass is 10.2. The summed E-state index contributed by atoms with van der Waals surface area (Å²) in [5.41, 5.74) is 0.718. The third-order valence-corrected chi connectivity index (χ3v) is 5.23. The van der Waals surface area contributed by atoms with Crippen molar-refractivity contribution in [3.63, 3.8) is 0 Å². The van der Waals surface area contributed by atoms with E-state index in [9.17, 15) is 8.42 Å². The number of sulfonamides is 1. The number of methoxy groups -OCH3 is 1. The molecule has 0 saturated carbocycles. The first kappa shape index (κ1) is 16.3. The van der Waals surface area contributed by atoms with Crippen LogP contribution in [0.4, 0.5) is 0 Å². The first-order valence-electron chi connectivity index (χ1n) is 6.00. The Hall–Kier alpha value is -1.08. The van der Waals surface area contributed by atoms with Gasteiger partial charge < -0.3 is 4.74 Å². The maximum atomic E-state index is 12.3. The largest absolute Gasteiger partial charge is 0.496 e. The number of benzene rings is 2. The van der Waals surface area contributed by atoms with Crippen LogP contribution in [-0.2, 0) is 16.6 Å². The number of halogens is 2. The van der Waals surface area contributed by atoms with E-state index in [4.69, 9.17) is 16.3 Å². The molecule has 2 rings (SSSR count). The highest BCUT2D eigenvalue weighted by Gasteiger charge is 2.16. The first-order valence-corrected chi connectivity index (χ1v) is 8.66. The van der Waals surface area contributed by atoms with Crippen LogP contribution in [0.1, 0.15) is 5.56 Å². The second-order valence-electron chi connectivity index (χ2n) is 4.21. The second kappa shape index (κ2) is 6.79. The second-order valence-corrected chi connectivity index (χ2v) is 7.24. The summed E-state index contributed by atoms with van der Waals surface area (Å²) in [5.74, 6) is 0.569. The van der Waals surface area contributed by atoms with Gasteiger partial charge in [-0.15, -0.1) is 0 Å². The van der Waals surface area contributed by atoms with Crippen molar-refractivity contribution >= 4 is 37.6 Å². The van der Waals surface area contributed by atoms with Crippen molar-refractivity contribution < 1.29 is 13.2 Å². The van der Waals surface area contributed by atoms with Gasteiger partial charge in [-0.25, -0.2) is 13.1 Å². The van der Waals surface area contributed by atoms with Gasteiger partial charge in [-0.1, -0.05) is 29.8 Å². The summed E-state index contributed by atoms with van der Waals surface area (Å²) < 4.78 is 32.7. The van der Waals surface area contributed by atoms with E-state index < -0.39 is 10.0 Å². The van der Waals surface area contributed by atoms with Crippen LogP contribution in [0.5, 0.6) is 5.75 Å². The molecule has 0 aliphatic carbocycles. The standard InChI is InChI=1S/C14H13BrClNO3S/c1-20-14-7-6-11(8-12(14)15)21(18,19)17-9-10-4-2-3-5-13(10)16/h2-8,17H,9H2,1H3.